The van der Waals surface area contributed by atoms with Crippen molar-refractivity contribution in [1.29, 1.82) is 0 Å². The van der Waals surface area contributed by atoms with Gasteiger partial charge in [-0.05, 0) is 25.1 Å². The van der Waals surface area contributed by atoms with Gasteiger partial charge < -0.3 is 4.74 Å². The molecule has 0 aliphatic heterocycles. The highest BCUT2D eigenvalue weighted by molar-refractivity contribution is 6.42. The van der Waals surface area contributed by atoms with E-state index in [0.29, 0.717) is 15.8 Å². The molecule has 2 heterocycles. The minimum Gasteiger partial charge on any atom is -0.421 e. The highest BCUT2D eigenvalue weighted by Gasteiger charge is 2.17. The lowest BCUT2D eigenvalue weighted by Gasteiger charge is -2.02. The Morgan fingerprint density at radius 3 is 2.76 bits per heavy atom. The van der Waals surface area contributed by atoms with E-state index in [1.165, 1.54) is 22.7 Å². The molecule has 0 unspecified atom stereocenters. The van der Waals surface area contributed by atoms with E-state index in [4.69, 9.17) is 27.9 Å². The standard InChI is InChI=1S/C13H8Cl2N4O2/c1-7-4-5-16-13-17-11(18-19(7)13)12(20)21-8-2-3-9(14)10(15)6-8/h2-6H,1H3. The number of fused-ring (bicyclic) bond motifs is 1. The maximum absolute atomic E-state index is 12.0. The number of carbonyl (C=O) groups excluding carboxylic acids is 1. The van der Waals surface area contributed by atoms with Crippen LogP contribution in [-0.4, -0.2) is 25.6 Å². The van der Waals surface area contributed by atoms with E-state index in [1.54, 1.807) is 12.3 Å². The molecule has 3 aromatic rings. The number of hydrogen-bond donors (Lipinski definition) is 0. The molecule has 21 heavy (non-hydrogen) atoms. The van der Waals surface area contributed by atoms with E-state index in [2.05, 4.69) is 15.1 Å². The number of benzene rings is 1. The second-order valence-corrected chi connectivity index (χ2v) is 5.01. The van der Waals surface area contributed by atoms with Crippen LogP contribution in [0.5, 0.6) is 5.75 Å². The predicted octanol–water partition coefficient (Wildman–Crippen LogP) is 2.96. The SMILES string of the molecule is Cc1ccnc2nc(C(=O)Oc3ccc(Cl)c(Cl)c3)nn12. The molecular formula is C13H8Cl2N4O2. The quantitative estimate of drug-likeness (QED) is 0.536. The third-order valence-electron chi connectivity index (χ3n) is 2.71. The van der Waals surface area contributed by atoms with Gasteiger partial charge in [0.25, 0.3) is 11.6 Å². The number of rotatable bonds is 2. The maximum atomic E-state index is 12.0. The molecule has 0 saturated heterocycles. The zero-order valence-corrected chi connectivity index (χ0v) is 12.3. The Hall–Kier alpha value is -2.18. The Morgan fingerprint density at radius 2 is 2.05 bits per heavy atom. The third-order valence-corrected chi connectivity index (χ3v) is 3.45. The van der Waals surface area contributed by atoms with Crippen molar-refractivity contribution in [2.24, 2.45) is 0 Å². The molecule has 2 aromatic heterocycles. The van der Waals surface area contributed by atoms with Crippen molar-refractivity contribution in [3.05, 3.63) is 52.0 Å². The Kier molecular flexibility index (Phi) is 3.48. The highest BCUT2D eigenvalue weighted by Crippen LogP contribution is 2.26. The second-order valence-electron chi connectivity index (χ2n) is 4.20. The number of ether oxygens (including phenoxy) is 1. The van der Waals surface area contributed by atoms with Crippen LogP contribution < -0.4 is 4.74 Å². The molecule has 0 N–H and O–H groups in total. The van der Waals surface area contributed by atoms with Crippen molar-refractivity contribution in [2.75, 3.05) is 0 Å². The summed E-state index contributed by atoms with van der Waals surface area (Å²) in [6.07, 6.45) is 1.59. The van der Waals surface area contributed by atoms with E-state index in [-0.39, 0.29) is 11.6 Å². The number of carbonyl (C=O) groups is 1. The summed E-state index contributed by atoms with van der Waals surface area (Å²) in [5, 5.41) is 4.73. The number of halogens is 2. The molecule has 8 heteroatoms. The van der Waals surface area contributed by atoms with Crippen LogP contribution in [0.25, 0.3) is 5.78 Å². The first-order valence-electron chi connectivity index (χ1n) is 5.90. The molecule has 3 rings (SSSR count). The number of aromatic nitrogens is 4. The fourth-order valence-electron chi connectivity index (χ4n) is 1.69. The van der Waals surface area contributed by atoms with Crippen LogP contribution >= 0.6 is 23.2 Å². The molecule has 0 aliphatic rings. The molecule has 6 nitrogen and oxygen atoms in total. The van der Waals surface area contributed by atoms with E-state index in [9.17, 15) is 4.79 Å². The van der Waals surface area contributed by atoms with E-state index in [0.717, 1.165) is 5.69 Å². The second kappa shape index (κ2) is 5.31. The zero-order valence-electron chi connectivity index (χ0n) is 10.7. The minimum atomic E-state index is -0.696. The summed E-state index contributed by atoms with van der Waals surface area (Å²) in [5.41, 5.74) is 0.807. The van der Waals surface area contributed by atoms with Crippen LogP contribution in [0, 0.1) is 6.92 Å². The normalized spacial score (nSPS) is 10.8. The van der Waals surface area contributed by atoms with Gasteiger partial charge >= 0.3 is 5.97 Å². The molecule has 0 bridgehead atoms. The summed E-state index contributed by atoms with van der Waals surface area (Å²) in [7, 11) is 0. The van der Waals surface area contributed by atoms with Gasteiger partial charge in [-0.15, -0.1) is 5.10 Å². The Bertz CT molecular complexity index is 847. The van der Waals surface area contributed by atoms with Crippen LogP contribution in [0.2, 0.25) is 10.0 Å². The van der Waals surface area contributed by atoms with Gasteiger partial charge in [-0.2, -0.15) is 4.98 Å². The van der Waals surface area contributed by atoms with Gasteiger partial charge in [0, 0.05) is 18.0 Å². The van der Waals surface area contributed by atoms with Gasteiger partial charge in [0.2, 0.25) is 0 Å². The molecule has 0 amide bonds. The van der Waals surface area contributed by atoms with Crippen molar-refractivity contribution in [3.63, 3.8) is 0 Å². The summed E-state index contributed by atoms with van der Waals surface area (Å²) in [6, 6.07) is 6.28. The van der Waals surface area contributed by atoms with Crippen molar-refractivity contribution in [1.82, 2.24) is 19.6 Å². The van der Waals surface area contributed by atoms with Crippen molar-refractivity contribution in [2.45, 2.75) is 6.92 Å². The maximum Gasteiger partial charge on any atom is 0.383 e. The zero-order chi connectivity index (χ0) is 15.0. The lowest BCUT2D eigenvalue weighted by atomic mass is 10.3. The first-order chi connectivity index (χ1) is 10.0. The van der Waals surface area contributed by atoms with Crippen LogP contribution in [0.4, 0.5) is 0 Å². The highest BCUT2D eigenvalue weighted by atomic mass is 35.5. The van der Waals surface area contributed by atoms with Crippen LogP contribution in [-0.2, 0) is 0 Å². The van der Waals surface area contributed by atoms with E-state index < -0.39 is 5.97 Å². The van der Waals surface area contributed by atoms with Crippen molar-refractivity contribution in [3.8, 4) is 5.75 Å². The van der Waals surface area contributed by atoms with Crippen LogP contribution in [0.1, 0.15) is 16.3 Å². The summed E-state index contributed by atoms with van der Waals surface area (Å²) < 4.78 is 6.62. The molecule has 0 radical (unpaired) electrons. The van der Waals surface area contributed by atoms with Crippen molar-refractivity contribution >= 4 is 34.9 Å². The first kappa shape index (κ1) is 13.8. The number of nitrogens with zero attached hydrogens (tertiary/aromatic N) is 4. The molecule has 106 valence electrons. The Labute approximate surface area is 129 Å². The molecular weight excluding hydrogens is 315 g/mol. The smallest absolute Gasteiger partial charge is 0.383 e. The molecule has 0 fully saturated rings. The average molecular weight is 323 g/mol. The van der Waals surface area contributed by atoms with Gasteiger partial charge in [-0.25, -0.2) is 14.3 Å². The van der Waals surface area contributed by atoms with Gasteiger partial charge in [0.05, 0.1) is 10.0 Å². The average Bonchev–Trinajstić information content (AvgIpc) is 2.89. The van der Waals surface area contributed by atoms with Gasteiger partial charge in [0.1, 0.15) is 5.75 Å². The predicted molar refractivity (Wildman–Crippen MR) is 76.9 cm³/mol. The van der Waals surface area contributed by atoms with Gasteiger partial charge in [-0.3, -0.25) is 0 Å². The molecule has 0 atom stereocenters. The molecule has 0 saturated carbocycles. The third kappa shape index (κ3) is 2.68. The molecule has 1 aromatic carbocycles. The number of aryl methyl sites for hydroxylation is 1. The minimum absolute atomic E-state index is 0.0807. The lowest BCUT2D eigenvalue weighted by Crippen LogP contribution is -2.11. The fraction of sp³-hybridized carbons (Fsp3) is 0.0769. The summed E-state index contributed by atoms with van der Waals surface area (Å²) in [5.74, 6) is -0.185. The molecule has 0 spiro atoms. The molecule has 0 aliphatic carbocycles. The summed E-state index contributed by atoms with van der Waals surface area (Å²) in [6.45, 7) is 1.83. The van der Waals surface area contributed by atoms with Crippen LogP contribution in [0.15, 0.2) is 30.5 Å². The van der Waals surface area contributed by atoms with Gasteiger partial charge in [0.15, 0.2) is 0 Å². The monoisotopic (exact) mass is 322 g/mol. The first-order valence-corrected chi connectivity index (χ1v) is 6.66. The summed E-state index contributed by atoms with van der Waals surface area (Å²) in [4.78, 5) is 20.1. The van der Waals surface area contributed by atoms with Gasteiger partial charge in [-0.1, -0.05) is 23.2 Å². The van der Waals surface area contributed by atoms with Crippen molar-refractivity contribution < 1.29 is 9.53 Å². The summed E-state index contributed by atoms with van der Waals surface area (Å²) >= 11 is 11.7. The number of hydrogen-bond acceptors (Lipinski definition) is 5. The fourth-order valence-corrected chi connectivity index (χ4v) is 1.97. The lowest BCUT2D eigenvalue weighted by molar-refractivity contribution is 0.0722. The van der Waals surface area contributed by atoms with E-state index >= 15 is 0 Å². The van der Waals surface area contributed by atoms with Crippen LogP contribution in [0.3, 0.4) is 0 Å². The topological polar surface area (TPSA) is 69.4 Å². The largest absolute Gasteiger partial charge is 0.421 e. The van der Waals surface area contributed by atoms with E-state index in [1.807, 2.05) is 6.92 Å². The Morgan fingerprint density at radius 1 is 1.24 bits per heavy atom. The Balaban J connectivity index is 1.90. The number of esters is 1.